The molecule has 2 aliphatic rings. The van der Waals surface area contributed by atoms with Gasteiger partial charge in [-0.3, -0.25) is 19.3 Å². The highest BCUT2D eigenvalue weighted by Gasteiger charge is 2.54. The zero-order chi connectivity index (χ0) is 20.9. The highest BCUT2D eigenvalue weighted by atomic mass is 19.1. The quantitative estimate of drug-likeness (QED) is 0.797. The molecule has 29 heavy (non-hydrogen) atoms. The first-order valence-corrected chi connectivity index (χ1v) is 9.79. The summed E-state index contributed by atoms with van der Waals surface area (Å²) >= 11 is 0. The summed E-state index contributed by atoms with van der Waals surface area (Å²) < 4.78 is 16.0. The van der Waals surface area contributed by atoms with Crippen molar-refractivity contribution in [2.45, 2.75) is 39.2 Å². The van der Waals surface area contributed by atoms with Crippen molar-refractivity contribution in [3.63, 3.8) is 0 Å². The Morgan fingerprint density at radius 2 is 1.97 bits per heavy atom. The van der Waals surface area contributed by atoms with Gasteiger partial charge in [-0.2, -0.15) is 4.39 Å². The summed E-state index contributed by atoms with van der Waals surface area (Å²) in [5, 5.41) is 2.41. The van der Waals surface area contributed by atoms with Gasteiger partial charge >= 0.3 is 6.03 Å². The van der Waals surface area contributed by atoms with E-state index < -0.39 is 17.4 Å². The number of hydrogen-bond acceptors (Lipinski definition) is 4. The molecular weight excluding hydrogens is 377 g/mol. The number of aryl methyl sites for hydroxylation is 1. The van der Waals surface area contributed by atoms with Crippen molar-refractivity contribution < 1.29 is 18.8 Å². The maximum atomic E-state index is 14.8. The molecule has 2 saturated heterocycles. The number of aromatic nitrogens is 2. The number of hydrogen-bond donors (Lipinski definition) is 1. The van der Waals surface area contributed by atoms with Crippen molar-refractivity contribution in [2.75, 3.05) is 19.6 Å². The first kappa shape index (κ1) is 19.4. The molecule has 2 aromatic rings. The fraction of sp³-hybridized carbons (Fsp3) is 0.500. The Kier molecular flexibility index (Phi) is 4.55. The smallest absolute Gasteiger partial charge is 0.325 e. The van der Waals surface area contributed by atoms with Gasteiger partial charge in [-0.1, -0.05) is 19.9 Å². The number of pyridine rings is 1. The summed E-state index contributed by atoms with van der Waals surface area (Å²) in [4.78, 5) is 45.0. The molecule has 4 rings (SSSR count). The van der Waals surface area contributed by atoms with E-state index in [2.05, 4.69) is 10.3 Å². The Bertz CT molecular complexity index is 1010. The number of imide groups is 1. The second-order valence-electron chi connectivity index (χ2n) is 8.27. The highest BCUT2D eigenvalue weighted by Crippen LogP contribution is 2.34. The minimum atomic E-state index is -0.938. The lowest BCUT2D eigenvalue weighted by atomic mass is 9.85. The van der Waals surface area contributed by atoms with Crippen molar-refractivity contribution in [3.8, 4) is 0 Å². The summed E-state index contributed by atoms with van der Waals surface area (Å²) in [6.45, 7) is 6.76. The number of nitrogens with one attached hydrogen (secondary N) is 1. The molecule has 0 atom stereocenters. The van der Waals surface area contributed by atoms with Crippen molar-refractivity contribution in [2.24, 2.45) is 5.92 Å². The monoisotopic (exact) mass is 401 g/mol. The number of rotatable bonds is 3. The Morgan fingerprint density at radius 3 is 2.62 bits per heavy atom. The van der Waals surface area contributed by atoms with Crippen LogP contribution in [0.15, 0.2) is 18.3 Å². The van der Waals surface area contributed by atoms with Gasteiger partial charge < -0.3 is 9.80 Å². The number of carbonyl (C=O) groups is 3. The summed E-state index contributed by atoms with van der Waals surface area (Å²) in [6, 6.07) is 3.09. The number of piperidine rings is 1. The average molecular weight is 401 g/mol. The summed E-state index contributed by atoms with van der Waals surface area (Å²) in [6.07, 6.45) is 2.23. The van der Waals surface area contributed by atoms with Gasteiger partial charge in [0.2, 0.25) is 5.95 Å². The van der Waals surface area contributed by atoms with Crippen LogP contribution in [0.2, 0.25) is 0 Å². The van der Waals surface area contributed by atoms with E-state index in [9.17, 15) is 18.8 Å². The molecule has 0 aromatic carbocycles. The third-order valence-corrected chi connectivity index (χ3v) is 5.74. The third kappa shape index (κ3) is 3.04. The van der Waals surface area contributed by atoms with Crippen LogP contribution in [0, 0.1) is 18.8 Å². The van der Waals surface area contributed by atoms with Crippen LogP contribution >= 0.6 is 0 Å². The van der Waals surface area contributed by atoms with Crippen molar-refractivity contribution in [3.05, 3.63) is 35.5 Å². The van der Waals surface area contributed by atoms with Crippen LogP contribution in [0.4, 0.5) is 9.18 Å². The van der Waals surface area contributed by atoms with E-state index >= 15 is 0 Å². The molecule has 1 spiro atoms. The molecule has 0 aliphatic carbocycles. The minimum Gasteiger partial charge on any atom is -0.337 e. The lowest BCUT2D eigenvalue weighted by Gasteiger charge is -2.42. The molecular formula is C20H24FN5O3. The lowest BCUT2D eigenvalue weighted by molar-refractivity contribution is -0.129. The number of likely N-dealkylation sites (tertiary alicyclic amines) is 1. The predicted octanol–water partition coefficient (Wildman–Crippen LogP) is 1.96. The fourth-order valence-electron chi connectivity index (χ4n) is 4.21. The van der Waals surface area contributed by atoms with Crippen LogP contribution in [0.5, 0.6) is 0 Å². The molecule has 0 saturated carbocycles. The van der Waals surface area contributed by atoms with Gasteiger partial charge in [-0.15, -0.1) is 0 Å². The van der Waals surface area contributed by atoms with Crippen molar-refractivity contribution in [1.29, 1.82) is 0 Å². The summed E-state index contributed by atoms with van der Waals surface area (Å²) in [5.74, 6) is -1.30. The Hall–Kier alpha value is -2.97. The number of urea groups is 1. The number of nitrogens with zero attached hydrogens (tertiary/aromatic N) is 4. The molecule has 154 valence electrons. The number of carbonyl (C=O) groups excluding carboxylic acids is 3. The van der Waals surface area contributed by atoms with Gasteiger partial charge in [0.1, 0.15) is 11.2 Å². The minimum absolute atomic E-state index is 0.207. The number of amides is 4. The number of fused-ring (bicyclic) bond motifs is 1. The van der Waals surface area contributed by atoms with Crippen LogP contribution < -0.4 is 5.32 Å². The van der Waals surface area contributed by atoms with Crippen molar-refractivity contribution in [1.82, 2.24) is 24.5 Å². The molecule has 2 aliphatic heterocycles. The summed E-state index contributed by atoms with van der Waals surface area (Å²) in [5.41, 5.74) is 0.0633. The van der Waals surface area contributed by atoms with Crippen LogP contribution in [0.3, 0.4) is 0 Å². The Labute approximate surface area is 167 Å². The van der Waals surface area contributed by atoms with Gasteiger partial charge in [-0.25, -0.2) is 9.78 Å². The first-order chi connectivity index (χ1) is 13.7. The van der Waals surface area contributed by atoms with Crippen LogP contribution in [-0.4, -0.2) is 62.2 Å². The van der Waals surface area contributed by atoms with Crippen molar-refractivity contribution >= 4 is 23.5 Å². The maximum absolute atomic E-state index is 14.8. The average Bonchev–Trinajstić information content (AvgIpc) is 3.11. The van der Waals surface area contributed by atoms with E-state index in [1.165, 1.54) is 9.30 Å². The van der Waals surface area contributed by atoms with E-state index in [1.54, 1.807) is 23.2 Å². The van der Waals surface area contributed by atoms with E-state index in [0.717, 1.165) is 5.56 Å². The lowest BCUT2D eigenvalue weighted by Crippen LogP contribution is -2.58. The SMILES string of the molecule is Cc1ccc2nc(C(=O)N3CCC4(CC3)C(=O)NC(=O)N4CC(C)C)c(F)n2c1. The fourth-order valence-corrected chi connectivity index (χ4v) is 4.21. The zero-order valence-corrected chi connectivity index (χ0v) is 16.7. The highest BCUT2D eigenvalue weighted by molar-refractivity contribution is 6.07. The van der Waals surface area contributed by atoms with Crippen LogP contribution in [-0.2, 0) is 4.79 Å². The van der Waals surface area contributed by atoms with E-state index in [1.807, 2.05) is 20.8 Å². The van der Waals surface area contributed by atoms with Gasteiger partial charge in [-0.05, 0) is 37.3 Å². The van der Waals surface area contributed by atoms with Gasteiger partial charge in [0.05, 0.1) is 0 Å². The molecule has 0 bridgehead atoms. The second kappa shape index (κ2) is 6.82. The Balaban J connectivity index is 1.55. The molecule has 4 amide bonds. The molecule has 4 heterocycles. The molecule has 9 heteroatoms. The normalized spacial score (nSPS) is 18.9. The maximum Gasteiger partial charge on any atom is 0.325 e. The van der Waals surface area contributed by atoms with Gasteiger partial charge in [0.25, 0.3) is 11.8 Å². The molecule has 0 unspecified atom stereocenters. The van der Waals surface area contributed by atoms with Gasteiger partial charge in [0.15, 0.2) is 5.69 Å². The van der Waals surface area contributed by atoms with Crippen LogP contribution in [0.1, 0.15) is 42.7 Å². The standard InChI is InChI=1S/C20H24FN5O3/c1-12(2)10-26-19(29)23-18(28)20(26)6-8-24(9-7-20)17(27)15-16(21)25-11-13(3)4-5-14(25)22-15/h4-5,11-12H,6-10H2,1-3H3,(H,23,28,29). The molecule has 8 nitrogen and oxygen atoms in total. The van der Waals surface area contributed by atoms with E-state index in [-0.39, 0.29) is 36.6 Å². The van der Waals surface area contributed by atoms with Crippen LogP contribution in [0.25, 0.3) is 5.65 Å². The zero-order valence-electron chi connectivity index (χ0n) is 16.7. The third-order valence-electron chi connectivity index (χ3n) is 5.74. The number of halogens is 1. The molecule has 2 fully saturated rings. The van der Waals surface area contributed by atoms with E-state index in [4.69, 9.17) is 0 Å². The molecule has 0 radical (unpaired) electrons. The summed E-state index contributed by atoms with van der Waals surface area (Å²) in [7, 11) is 0. The molecule has 1 N–H and O–H groups in total. The largest absolute Gasteiger partial charge is 0.337 e. The predicted molar refractivity (Wildman–Crippen MR) is 103 cm³/mol. The van der Waals surface area contributed by atoms with E-state index in [0.29, 0.717) is 25.0 Å². The second-order valence-corrected chi connectivity index (χ2v) is 8.27. The molecule has 2 aromatic heterocycles. The first-order valence-electron chi connectivity index (χ1n) is 9.79. The Morgan fingerprint density at radius 1 is 1.28 bits per heavy atom. The topological polar surface area (TPSA) is 87.0 Å². The van der Waals surface area contributed by atoms with Gasteiger partial charge in [0, 0.05) is 25.8 Å². The number of imidazole rings is 1.